The minimum Gasteiger partial charge on any atom is -0.480 e. The molecule has 1 atom stereocenters. The van der Waals surface area contributed by atoms with Crippen molar-refractivity contribution in [1.82, 2.24) is 10.6 Å². The Kier molecular flexibility index (Phi) is 4.29. The van der Waals surface area contributed by atoms with Gasteiger partial charge in [0.2, 0.25) is 5.91 Å². The zero-order chi connectivity index (χ0) is 12.2. The van der Waals surface area contributed by atoms with E-state index in [0.717, 1.165) is 19.4 Å². The van der Waals surface area contributed by atoms with Gasteiger partial charge in [0.1, 0.15) is 5.54 Å². The molecular weight excluding hydrogens is 208 g/mol. The second-order valence-electron chi connectivity index (χ2n) is 4.43. The summed E-state index contributed by atoms with van der Waals surface area (Å²) < 4.78 is 0. The highest BCUT2D eigenvalue weighted by Crippen LogP contribution is 2.39. The van der Waals surface area contributed by atoms with Gasteiger partial charge in [0.25, 0.3) is 0 Å². The molecule has 0 saturated heterocycles. The van der Waals surface area contributed by atoms with E-state index in [1.807, 2.05) is 6.92 Å². The van der Waals surface area contributed by atoms with Crippen LogP contribution in [0.1, 0.15) is 33.1 Å². The lowest BCUT2D eigenvalue weighted by atomic mass is 9.96. The Morgan fingerprint density at radius 2 is 2.06 bits per heavy atom. The predicted molar refractivity (Wildman–Crippen MR) is 60.1 cm³/mol. The Hall–Kier alpha value is -1.10. The Balaban J connectivity index is 2.43. The average molecular weight is 228 g/mol. The van der Waals surface area contributed by atoms with Crippen LogP contribution in [0.5, 0.6) is 0 Å². The highest BCUT2D eigenvalue weighted by atomic mass is 16.4. The van der Waals surface area contributed by atoms with E-state index in [2.05, 4.69) is 10.6 Å². The fourth-order valence-corrected chi connectivity index (χ4v) is 1.72. The number of aliphatic carboxylic acids is 1. The molecule has 0 aliphatic heterocycles. The minimum atomic E-state index is -1.08. The van der Waals surface area contributed by atoms with Crippen molar-refractivity contribution in [2.45, 2.75) is 38.6 Å². The molecule has 92 valence electrons. The molecule has 1 amide bonds. The van der Waals surface area contributed by atoms with Crippen molar-refractivity contribution in [2.24, 2.45) is 5.92 Å². The summed E-state index contributed by atoms with van der Waals surface area (Å²) in [6.07, 6.45) is 2.09. The van der Waals surface area contributed by atoms with Crippen LogP contribution in [0.2, 0.25) is 0 Å². The van der Waals surface area contributed by atoms with Gasteiger partial charge in [0.05, 0.1) is 0 Å². The van der Waals surface area contributed by atoms with Gasteiger partial charge < -0.3 is 15.7 Å². The molecule has 5 nitrogen and oxygen atoms in total. The van der Waals surface area contributed by atoms with Crippen LogP contribution in [0, 0.1) is 5.92 Å². The topological polar surface area (TPSA) is 78.4 Å². The molecule has 1 aliphatic rings. The highest BCUT2D eigenvalue weighted by molar-refractivity contribution is 5.87. The molecule has 16 heavy (non-hydrogen) atoms. The summed E-state index contributed by atoms with van der Waals surface area (Å²) in [7, 11) is 0. The molecule has 1 fully saturated rings. The molecule has 3 N–H and O–H groups in total. The number of amides is 1. The van der Waals surface area contributed by atoms with E-state index < -0.39 is 11.5 Å². The lowest BCUT2D eigenvalue weighted by molar-refractivity contribution is -0.147. The summed E-state index contributed by atoms with van der Waals surface area (Å²) >= 11 is 0. The number of hydrogen-bond donors (Lipinski definition) is 3. The van der Waals surface area contributed by atoms with Crippen LogP contribution in [0.4, 0.5) is 0 Å². The van der Waals surface area contributed by atoms with E-state index in [0.29, 0.717) is 13.0 Å². The molecule has 1 unspecified atom stereocenters. The van der Waals surface area contributed by atoms with Crippen molar-refractivity contribution in [2.75, 3.05) is 13.1 Å². The maximum Gasteiger partial charge on any atom is 0.329 e. The predicted octanol–water partition coefficient (Wildman–Crippen LogP) is 0.355. The van der Waals surface area contributed by atoms with E-state index in [4.69, 9.17) is 5.11 Å². The van der Waals surface area contributed by atoms with Crippen molar-refractivity contribution in [3.8, 4) is 0 Å². The average Bonchev–Trinajstić information content (AvgIpc) is 3.00. The monoisotopic (exact) mass is 228 g/mol. The van der Waals surface area contributed by atoms with Crippen LogP contribution >= 0.6 is 0 Å². The molecule has 0 spiro atoms. The van der Waals surface area contributed by atoms with Crippen LogP contribution in [0.3, 0.4) is 0 Å². The molecule has 0 radical (unpaired) electrons. The smallest absolute Gasteiger partial charge is 0.329 e. The van der Waals surface area contributed by atoms with Crippen LogP contribution in [0.25, 0.3) is 0 Å². The normalized spacial score (nSPS) is 18.9. The fourth-order valence-electron chi connectivity index (χ4n) is 1.72. The van der Waals surface area contributed by atoms with Crippen LogP contribution in [-0.4, -0.2) is 35.6 Å². The number of carboxylic acids is 1. The number of carbonyl (C=O) groups is 2. The van der Waals surface area contributed by atoms with E-state index in [1.54, 1.807) is 6.92 Å². The summed E-state index contributed by atoms with van der Waals surface area (Å²) in [6.45, 7) is 4.95. The fraction of sp³-hybridized carbons (Fsp3) is 0.818. The molecule has 1 saturated carbocycles. The SMILES string of the molecule is CCNCCC(=O)NC(C)(C(=O)O)C1CC1. The lowest BCUT2D eigenvalue weighted by Crippen LogP contribution is -2.54. The third-order valence-corrected chi connectivity index (χ3v) is 3.02. The van der Waals surface area contributed by atoms with Crippen LogP contribution in [-0.2, 0) is 9.59 Å². The van der Waals surface area contributed by atoms with Gasteiger partial charge in [-0.15, -0.1) is 0 Å². The van der Waals surface area contributed by atoms with Gasteiger partial charge in [-0.25, -0.2) is 4.79 Å². The van der Waals surface area contributed by atoms with E-state index in [1.165, 1.54) is 0 Å². The molecule has 0 aromatic rings. The van der Waals surface area contributed by atoms with Crippen LogP contribution < -0.4 is 10.6 Å². The number of hydrogen-bond acceptors (Lipinski definition) is 3. The molecule has 0 aromatic heterocycles. The van der Waals surface area contributed by atoms with E-state index in [9.17, 15) is 9.59 Å². The van der Waals surface area contributed by atoms with Crippen molar-refractivity contribution in [1.29, 1.82) is 0 Å². The zero-order valence-electron chi connectivity index (χ0n) is 9.88. The van der Waals surface area contributed by atoms with Crippen molar-refractivity contribution in [3.63, 3.8) is 0 Å². The Morgan fingerprint density at radius 1 is 1.44 bits per heavy atom. The summed E-state index contributed by atoms with van der Waals surface area (Å²) in [4.78, 5) is 22.7. The third kappa shape index (κ3) is 3.20. The number of nitrogens with one attached hydrogen (secondary N) is 2. The molecule has 0 aromatic carbocycles. The molecular formula is C11H20N2O3. The maximum atomic E-state index is 11.6. The van der Waals surface area contributed by atoms with E-state index in [-0.39, 0.29) is 11.8 Å². The zero-order valence-corrected chi connectivity index (χ0v) is 9.88. The summed E-state index contributed by atoms with van der Waals surface area (Å²) in [6, 6.07) is 0. The minimum absolute atomic E-state index is 0.0908. The summed E-state index contributed by atoms with van der Waals surface area (Å²) in [5, 5.41) is 14.8. The molecule has 0 bridgehead atoms. The second kappa shape index (κ2) is 5.30. The summed E-state index contributed by atoms with van der Waals surface area (Å²) in [5.74, 6) is -1.04. The van der Waals surface area contributed by atoms with Gasteiger partial charge in [-0.05, 0) is 32.2 Å². The maximum absolute atomic E-state index is 11.6. The number of carbonyl (C=O) groups excluding carboxylic acids is 1. The Morgan fingerprint density at radius 3 is 2.50 bits per heavy atom. The van der Waals surface area contributed by atoms with Crippen molar-refractivity contribution >= 4 is 11.9 Å². The van der Waals surface area contributed by atoms with E-state index >= 15 is 0 Å². The van der Waals surface area contributed by atoms with Gasteiger partial charge in [-0.3, -0.25) is 4.79 Å². The lowest BCUT2D eigenvalue weighted by Gasteiger charge is -2.26. The van der Waals surface area contributed by atoms with Crippen molar-refractivity contribution in [3.05, 3.63) is 0 Å². The van der Waals surface area contributed by atoms with Gasteiger partial charge in [0, 0.05) is 13.0 Å². The molecule has 5 heteroatoms. The Labute approximate surface area is 95.6 Å². The van der Waals surface area contributed by atoms with Gasteiger partial charge in [-0.2, -0.15) is 0 Å². The summed E-state index contributed by atoms with van der Waals surface area (Å²) in [5.41, 5.74) is -1.08. The quantitative estimate of drug-likeness (QED) is 0.550. The largest absolute Gasteiger partial charge is 0.480 e. The van der Waals surface area contributed by atoms with Gasteiger partial charge >= 0.3 is 5.97 Å². The first-order valence-corrected chi connectivity index (χ1v) is 5.75. The molecule has 1 rings (SSSR count). The second-order valence-corrected chi connectivity index (χ2v) is 4.43. The standard InChI is InChI=1S/C11H20N2O3/c1-3-12-7-6-9(14)13-11(2,10(15)16)8-4-5-8/h8,12H,3-7H2,1-2H3,(H,13,14)(H,15,16). The first-order chi connectivity index (χ1) is 7.50. The molecule has 1 aliphatic carbocycles. The van der Waals surface area contributed by atoms with Crippen LogP contribution in [0.15, 0.2) is 0 Å². The number of rotatable bonds is 7. The van der Waals surface area contributed by atoms with Gasteiger partial charge in [0.15, 0.2) is 0 Å². The first kappa shape index (κ1) is 13.0. The van der Waals surface area contributed by atoms with Crippen molar-refractivity contribution < 1.29 is 14.7 Å². The van der Waals surface area contributed by atoms with Gasteiger partial charge in [-0.1, -0.05) is 6.92 Å². The molecule has 0 heterocycles. The Bertz CT molecular complexity index is 276. The first-order valence-electron chi connectivity index (χ1n) is 5.75. The third-order valence-electron chi connectivity index (χ3n) is 3.02. The highest BCUT2D eigenvalue weighted by Gasteiger charge is 2.48. The number of carboxylic acid groups (broad SMARTS) is 1.